The van der Waals surface area contributed by atoms with Crippen molar-refractivity contribution in [1.82, 2.24) is 10.3 Å². The largest absolute Gasteiger partial charge is 0.308 e. The van der Waals surface area contributed by atoms with Crippen LogP contribution in [-0.4, -0.2) is 12.0 Å². The minimum Gasteiger partial charge on any atom is -0.308 e. The van der Waals surface area contributed by atoms with Crippen LogP contribution in [0.1, 0.15) is 17.3 Å². The summed E-state index contributed by atoms with van der Waals surface area (Å²) >= 11 is 9.44. The summed E-state index contributed by atoms with van der Waals surface area (Å²) in [5, 5.41) is 3.61. The lowest BCUT2D eigenvalue weighted by Crippen LogP contribution is -2.19. The number of aromatic nitrogens is 1. The number of hydrogen-bond acceptors (Lipinski definition) is 2. The molecule has 0 fully saturated rings. The first-order chi connectivity index (χ1) is 8.61. The Morgan fingerprint density at radius 3 is 2.72 bits per heavy atom. The molecular weight excluding hydrogens is 319 g/mol. The third-order valence-corrected chi connectivity index (χ3v) is 3.42. The minimum absolute atomic E-state index is 0.235. The lowest BCUT2D eigenvalue weighted by Gasteiger charge is -2.17. The molecule has 2 rings (SSSR count). The summed E-state index contributed by atoms with van der Waals surface area (Å²) in [6.45, 7) is 0. The average Bonchev–Trinajstić information content (AvgIpc) is 2.37. The highest BCUT2D eigenvalue weighted by Gasteiger charge is 2.17. The Bertz CT molecular complexity index is 545. The van der Waals surface area contributed by atoms with Crippen LogP contribution < -0.4 is 5.32 Å². The highest BCUT2D eigenvalue weighted by Crippen LogP contribution is 2.28. The van der Waals surface area contributed by atoms with E-state index in [2.05, 4.69) is 26.2 Å². The first-order valence-electron chi connectivity index (χ1n) is 5.35. The van der Waals surface area contributed by atoms with Crippen molar-refractivity contribution in [2.75, 3.05) is 7.05 Å². The second-order valence-corrected chi connectivity index (χ2v) is 5.11. The first-order valence-corrected chi connectivity index (χ1v) is 6.52. The third-order valence-electron chi connectivity index (χ3n) is 2.60. The number of hydrogen-bond donors (Lipinski definition) is 1. The van der Waals surface area contributed by atoms with E-state index in [0.717, 1.165) is 10.2 Å². The van der Waals surface area contributed by atoms with Crippen molar-refractivity contribution in [2.24, 2.45) is 0 Å². The van der Waals surface area contributed by atoms with E-state index in [4.69, 9.17) is 11.6 Å². The zero-order valence-electron chi connectivity index (χ0n) is 9.62. The summed E-state index contributed by atoms with van der Waals surface area (Å²) in [5.74, 6) is -0.313. The smallest absolute Gasteiger partial charge is 0.123 e. The second-order valence-electron chi connectivity index (χ2n) is 3.79. The number of benzene rings is 1. The first kappa shape index (κ1) is 13.5. The SMILES string of the molecule is CNC(c1ccc(Br)cn1)c1cc(F)ccc1Cl. The van der Waals surface area contributed by atoms with Gasteiger partial charge in [0.05, 0.1) is 11.7 Å². The maximum absolute atomic E-state index is 13.3. The molecule has 1 unspecified atom stereocenters. The van der Waals surface area contributed by atoms with Crippen molar-refractivity contribution in [3.05, 3.63) is 63.1 Å². The van der Waals surface area contributed by atoms with Crippen molar-refractivity contribution in [3.8, 4) is 0 Å². The zero-order chi connectivity index (χ0) is 13.1. The molecule has 0 radical (unpaired) electrons. The monoisotopic (exact) mass is 328 g/mol. The predicted octanol–water partition coefficient (Wildman–Crippen LogP) is 3.95. The van der Waals surface area contributed by atoms with Gasteiger partial charge in [0, 0.05) is 15.7 Å². The molecule has 5 heteroatoms. The Labute approximate surface area is 118 Å². The van der Waals surface area contributed by atoms with Gasteiger partial charge in [0.1, 0.15) is 5.82 Å². The van der Waals surface area contributed by atoms with E-state index in [1.165, 1.54) is 12.1 Å². The molecule has 94 valence electrons. The van der Waals surface area contributed by atoms with Crippen LogP contribution in [0.15, 0.2) is 41.0 Å². The second kappa shape index (κ2) is 5.78. The summed E-state index contributed by atoms with van der Waals surface area (Å²) in [4.78, 5) is 4.31. The van der Waals surface area contributed by atoms with Crippen LogP contribution >= 0.6 is 27.5 Å². The van der Waals surface area contributed by atoms with Gasteiger partial charge in [0.15, 0.2) is 0 Å². The summed E-state index contributed by atoms with van der Waals surface area (Å²) in [6, 6.07) is 7.84. The van der Waals surface area contributed by atoms with E-state index < -0.39 is 0 Å². The van der Waals surface area contributed by atoms with Gasteiger partial charge in [-0.3, -0.25) is 4.98 Å². The van der Waals surface area contributed by atoms with Crippen molar-refractivity contribution < 1.29 is 4.39 Å². The molecule has 2 aromatic rings. The quantitative estimate of drug-likeness (QED) is 0.922. The zero-order valence-corrected chi connectivity index (χ0v) is 12.0. The lowest BCUT2D eigenvalue weighted by molar-refractivity contribution is 0.614. The van der Waals surface area contributed by atoms with Gasteiger partial charge in [0.25, 0.3) is 0 Å². The number of pyridine rings is 1. The Balaban J connectivity index is 2.44. The van der Waals surface area contributed by atoms with Crippen molar-refractivity contribution >= 4 is 27.5 Å². The summed E-state index contributed by atoms with van der Waals surface area (Å²) < 4.78 is 14.2. The molecule has 1 aromatic heterocycles. The Morgan fingerprint density at radius 1 is 1.33 bits per heavy atom. The van der Waals surface area contributed by atoms with Gasteiger partial charge < -0.3 is 5.32 Å². The van der Waals surface area contributed by atoms with Crippen LogP contribution in [-0.2, 0) is 0 Å². The number of rotatable bonds is 3. The van der Waals surface area contributed by atoms with Crippen LogP contribution in [0.5, 0.6) is 0 Å². The summed E-state index contributed by atoms with van der Waals surface area (Å²) in [7, 11) is 1.79. The van der Waals surface area contributed by atoms with Crippen molar-refractivity contribution in [1.29, 1.82) is 0 Å². The van der Waals surface area contributed by atoms with Crippen LogP contribution in [0.25, 0.3) is 0 Å². The maximum atomic E-state index is 13.3. The molecule has 2 nitrogen and oxygen atoms in total. The van der Waals surface area contributed by atoms with E-state index in [1.54, 1.807) is 19.3 Å². The Kier molecular flexibility index (Phi) is 4.32. The van der Waals surface area contributed by atoms with E-state index in [0.29, 0.717) is 10.6 Å². The molecule has 18 heavy (non-hydrogen) atoms. The fraction of sp³-hybridized carbons (Fsp3) is 0.154. The van der Waals surface area contributed by atoms with Gasteiger partial charge >= 0.3 is 0 Å². The van der Waals surface area contributed by atoms with E-state index in [-0.39, 0.29) is 11.9 Å². The van der Waals surface area contributed by atoms with Gasteiger partial charge in [-0.2, -0.15) is 0 Å². The minimum atomic E-state index is -0.313. The molecule has 0 aliphatic rings. The molecule has 1 N–H and O–H groups in total. The highest BCUT2D eigenvalue weighted by molar-refractivity contribution is 9.10. The predicted molar refractivity (Wildman–Crippen MR) is 74.2 cm³/mol. The van der Waals surface area contributed by atoms with Gasteiger partial charge in [-0.05, 0) is 58.9 Å². The Hall–Kier alpha value is -0.970. The number of nitrogens with one attached hydrogen (secondary N) is 1. The van der Waals surface area contributed by atoms with Gasteiger partial charge in [-0.1, -0.05) is 11.6 Å². The average molecular weight is 330 g/mol. The molecule has 1 atom stereocenters. The highest BCUT2D eigenvalue weighted by atomic mass is 79.9. The fourth-order valence-electron chi connectivity index (χ4n) is 1.76. The van der Waals surface area contributed by atoms with Gasteiger partial charge in [-0.25, -0.2) is 4.39 Å². The Morgan fingerprint density at radius 2 is 2.11 bits per heavy atom. The number of nitrogens with zero attached hydrogens (tertiary/aromatic N) is 1. The van der Waals surface area contributed by atoms with Crippen molar-refractivity contribution in [3.63, 3.8) is 0 Å². The normalized spacial score (nSPS) is 12.4. The van der Waals surface area contributed by atoms with Crippen LogP contribution in [0.2, 0.25) is 5.02 Å². The van der Waals surface area contributed by atoms with Gasteiger partial charge in [-0.15, -0.1) is 0 Å². The lowest BCUT2D eigenvalue weighted by atomic mass is 10.0. The van der Waals surface area contributed by atoms with Crippen LogP contribution in [0, 0.1) is 5.82 Å². The van der Waals surface area contributed by atoms with E-state index >= 15 is 0 Å². The molecule has 0 spiro atoms. The fourth-order valence-corrected chi connectivity index (χ4v) is 2.22. The molecule has 0 amide bonds. The molecule has 1 aromatic carbocycles. The molecule has 0 aliphatic heterocycles. The maximum Gasteiger partial charge on any atom is 0.123 e. The third kappa shape index (κ3) is 2.88. The molecule has 0 saturated carbocycles. The van der Waals surface area contributed by atoms with E-state index in [1.807, 2.05) is 12.1 Å². The van der Waals surface area contributed by atoms with Crippen molar-refractivity contribution in [2.45, 2.75) is 6.04 Å². The number of halogens is 3. The summed E-state index contributed by atoms with van der Waals surface area (Å²) in [6.07, 6.45) is 1.70. The van der Waals surface area contributed by atoms with Crippen LogP contribution in [0.4, 0.5) is 4.39 Å². The molecular formula is C13H11BrClFN2. The molecule has 0 aliphatic carbocycles. The van der Waals surface area contributed by atoms with Crippen LogP contribution in [0.3, 0.4) is 0 Å². The summed E-state index contributed by atoms with van der Waals surface area (Å²) in [5.41, 5.74) is 1.46. The molecule has 1 heterocycles. The molecule has 0 bridgehead atoms. The molecule has 0 saturated heterocycles. The van der Waals surface area contributed by atoms with E-state index in [9.17, 15) is 4.39 Å². The van der Waals surface area contributed by atoms with Gasteiger partial charge in [0.2, 0.25) is 0 Å². The topological polar surface area (TPSA) is 24.9 Å². The standard InChI is InChI=1S/C13H11BrClFN2/c1-17-13(12-5-2-8(14)7-18-12)10-6-9(16)3-4-11(10)15/h2-7,13,17H,1H3.